The van der Waals surface area contributed by atoms with Crippen molar-refractivity contribution in [3.8, 4) is 5.75 Å². The predicted octanol–water partition coefficient (Wildman–Crippen LogP) is 0.478. The molecular formula is C10H13N3O2. The molecule has 1 saturated heterocycles. The van der Waals surface area contributed by atoms with Gasteiger partial charge in [0, 0.05) is 6.20 Å². The molecule has 1 aliphatic heterocycles. The number of nitrogens with zero attached hydrogens (tertiary/aromatic N) is 1. The highest BCUT2D eigenvalue weighted by Gasteiger charge is 2.22. The van der Waals surface area contributed by atoms with E-state index in [0.29, 0.717) is 0 Å². The molecule has 2 rings (SSSR count). The topological polar surface area (TPSA) is 74.2 Å². The van der Waals surface area contributed by atoms with Gasteiger partial charge in [-0.3, -0.25) is 4.79 Å². The van der Waals surface area contributed by atoms with E-state index in [2.05, 4.69) is 15.6 Å². The average Bonchev–Trinajstić information content (AvgIpc) is 2.74. The Hall–Kier alpha value is -1.62. The smallest absolute Gasteiger partial charge is 0.242 e. The molecule has 80 valence electrons. The van der Waals surface area contributed by atoms with Crippen LogP contribution in [-0.2, 0) is 4.79 Å². The molecule has 3 N–H and O–H groups in total. The molecule has 0 aromatic carbocycles. The number of carbonyl (C=O) groups excluding carboxylic acids is 1. The number of hydrogen-bond donors (Lipinski definition) is 3. The van der Waals surface area contributed by atoms with Crippen LogP contribution >= 0.6 is 0 Å². The molecule has 1 fully saturated rings. The van der Waals surface area contributed by atoms with Crippen molar-refractivity contribution in [1.29, 1.82) is 0 Å². The summed E-state index contributed by atoms with van der Waals surface area (Å²) in [5, 5.41) is 15.1. The molecule has 1 aromatic heterocycles. The minimum atomic E-state index is -0.161. The fourth-order valence-electron chi connectivity index (χ4n) is 1.61. The number of carbonyl (C=O) groups is 1. The third kappa shape index (κ3) is 2.24. The van der Waals surface area contributed by atoms with Crippen molar-refractivity contribution in [2.45, 2.75) is 18.9 Å². The van der Waals surface area contributed by atoms with E-state index in [1.807, 2.05) is 0 Å². The first kappa shape index (κ1) is 9.92. The zero-order valence-corrected chi connectivity index (χ0v) is 8.23. The summed E-state index contributed by atoms with van der Waals surface area (Å²) in [5.41, 5.74) is 0. The first-order chi connectivity index (χ1) is 7.27. The van der Waals surface area contributed by atoms with Crippen molar-refractivity contribution in [1.82, 2.24) is 10.3 Å². The Morgan fingerprint density at radius 1 is 1.67 bits per heavy atom. The van der Waals surface area contributed by atoms with E-state index >= 15 is 0 Å². The van der Waals surface area contributed by atoms with E-state index in [4.69, 9.17) is 0 Å². The Bertz CT molecular complexity index is 361. The molecule has 1 atom stereocenters. The van der Waals surface area contributed by atoms with Crippen molar-refractivity contribution < 1.29 is 9.90 Å². The number of rotatable bonds is 2. The SMILES string of the molecule is O=C(Nc1ncccc1O)[C@H]1CCCN1. The lowest BCUT2D eigenvalue weighted by molar-refractivity contribution is -0.117. The van der Waals surface area contributed by atoms with Crippen molar-refractivity contribution in [2.75, 3.05) is 11.9 Å². The third-order valence-electron chi connectivity index (χ3n) is 2.40. The van der Waals surface area contributed by atoms with Crippen LogP contribution in [0.25, 0.3) is 0 Å². The third-order valence-corrected chi connectivity index (χ3v) is 2.40. The zero-order valence-electron chi connectivity index (χ0n) is 8.23. The summed E-state index contributed by atoms with van der Waals surface area (Å²) in [6, 6.07) is 2.94. The number of nitrogens with one attached hydrogen (secondary N) is 2. The van der Waals surface area contributed by atoms with Gasteiger partial charge in [-0.25, -0.2) is 4.98 Å². The average molecular weight is 207 g/mol. The molecule has 0 bridgehead atoms. The maximum atomic E-state index is 11.6. The van der Waals surface area contributed by atoms with Gasteiger partial charge in [0.25, 0.3) is 0 Å². The summed E-state index contributed by atoms with van der Waals surface area (Å²) in [5.74, 6) is 0.0709. The van der Waals surface area contributed by atoms with Crippen LogP contribution in [0.1, 0.15) is 12.8 Å². The standard InChI is InChI=1S/C10H13N3O2/c14-8-4-2-6-12-9(8)13-10(15)7-3-1-5-11-7/h2,4,6-7,11,14H,1,3,5H2,(H,12,13,15)/t7-/m1/s1. The lowest BCUT2D eigenvalue weighted by Gasteiger charge is -2.10. The Balaban J connectivity index is 2.02. The summed E-state index contributed by atoms with van der Waals surface area (Å²) in [6.45, 7) is 0.867. The molecule has 1 aliphatic rings. The van der Waals surface area contributed by atoms with Crippen LogP contribution in [0.2, 0.25) is 0 Å². The zero-order chi connectivity index (χ0) is 10.7. The van der Waals surface area contributed by atoms with Crippen LogP contribution in [-0.4, -0.2) is 28.6 Å². The molecular weight excluding hydrogens is 194 g/mol. The van der Waals surface area contributed by atoms with E-state index in [-0.39, 0.29) is 23.5 Å². The quantitative estimate of drug-likeness (QED) is 0.659. The van der Waals surface area contributed by atoms with Crippen molar-refractivity contribution >= 4 is 11.7 Å². The number of pyridine rings is 1. The number of anilines is 1. The van der Waals surface area contributed by atoms with Gasteiger partial charge in [0.15, 0.2) is 11.6 Å². The van der Waals surface area contributed by atoms with Crippen LogP contribution in [0.3, 0.4) is 0 Å². The molecule has 0 radical (unpaired) electrons. The van der Waals surface area contributed by atoms with Gasteiger partial charge in [0.2, 0.25) is 5.91 Å². The summed E-state index contributed by atoms with van der Waals surface area (Å²) in [4.78, 5) is 15.5. The summed E-state index contributed by atoms with van der Waals surface area (Å²) in [7, 11) is 0. The van der Waals surface area contributed by atoms with Gasteiger partial charge in [-0.2, -0.15) is 0 Å². The van der Waals surface area contributed by atoms with Crippen LogP contribution in [0.4, 0.5) is 5.82 Å². The minimum absolute atomic E-state index is 0.0103. The van der Waals surface area contributed by atoms with Crippen molar-refractivity contribution in [3.63, 3.8) is 0 Å². The van der Waals surface area contributed by atoms with E-state index in [0.717, 1.165) is 19.4 Å². The minimum Gasteiger partial charge on any atom is -0.504 e. The van der Waals surface area contributed by atoms with Gasteiger partial charge >= 0.3 is 0 Å². The van der Waals surface area contributed by atoms with Crippen LogP contribution in [0, 0.1) is 0 Å². The molecule has 2 heterocycles. The second-order valence-corrected chi connectivity index (χ2v) is 3.51. The fourth-order valence-corrected chi connectivity index (χ4v) is 1.61. The van der Waals surface area contributed by atoms with E-state index < -0.39 is 0 Å². The molecule has 5 nitrogen and oxygen atoms in total. The Morgan fingerprint density at radius 3 is 3.20 bits per heavy atom. The first-order valence-corrected chi connectivity index (χ1v) is 4.95. The molecule has 0 unspecified atom stereocenters. The lowest BCUT2D eigenvalue weighted by Crippen LogP contribution is -2.35. The predicted molar refractivity (Wildman–Crippen MR) is 55.6 cm³/mol. The van der Waals surface area contributed by atoms with Gasteiger partial charge in [0.05, 0.1) is 6.04 Å². The number of aromatic hydroxyl groups is 1. The largest absolute Gasteiger partial charge is 0.504 e. The monoisotopic (exact) mass is 207 g/mol. The van der Waals surface area contributed by atoms with Crippen molar-refractivity contribution in [2.24, 2.45) is 0 Å². The van der Waals surface area contributed by atoms with Crippen molar-refractivity contribution in [3.05, 3.63) is 18.3 Å². The van der Waals surface area contributed by atoms with Gasteiger partial charge in [-0.15, -0.1) is 0 Å². The second kappa shape index (κ2) is 4.27. The van der Waals surface area contributed by atoms with E-state index in [1.54, 1.807) is 6.07 Å². The summed E-state index contributed by atoms with van der Waals surface area (Å²) in [6.07, 6.45) is 3.36. The Labute approximate surface area is 87.5 Å². The lowest BCUT2D eigenvalue weighted by atomic mass is 10.2. The van der Waals surface area contributed by atoms with E-state index in [1.165, 1.54) is 12.3 Å². The second-order valence-electron chi connectivity index (χ2n) is 3.51. The summed E-state index contributed by atoms with van der Waals surface area (Å²) < 4.78 is 0. The van der Waals surface area contributed by atoms with Crippen LogP contribution < -0.4 is 10.6 Å². The van der Waals surface area contributed by atoms with Crippen LogP contribution in [0.15, 0.2) is 18.3 Å². The number of amides is 1. The number of aromatic nitrogens is 1. The molecule has 0 spiro atoms. The fraction of sp³-hybridized carbons (Fsp3) is 0.400. The molecule has 5 heteroatoms. The maximum absolute atomic E-state index is 11.6. The van der Waals surface area contributed by atoms with Crippen LogP contribution in [0.5, 0.6) is 5.75 Å². The van der Waals surface area contributed by atoms with Gasteiger partial charge in [-0.05, 0) is 31.5 Å². The maximum Gasteiger partial charge on any atom is 0.242 e. The van der Waals surface area contributed by atoms with E-state index in [9.17, 15) is 9.90 Å². The Morgan fingerprint density at radius 2 is 2.53 bits per heavy atom. The molecule has 1 aromatic rings. The molecule has 1 amide bonds. The van der Waals surface area contributed by atoms with Gasteiger partial charge < -0.3 is 15.7 Å². The number of hydrogen-bond acceptors (Lipinski definition) is 4. The van der Waals surface area contributed by atoms with Gasteiger partial charge in [0.1, 0.15) is 0 Å². The molecule has 15 heavy (non-hydrogen) atoms. The highest BCUT2D eigenvalue weighted by molar-refractivity contribution is 5.95. The highest BCUT2D eigenvalue weighted by Crippen LogP contribution is 2.19. The van der Waals surface area contributed by atoms with Gasteiger partial charge in [-0.1, -0.05) is 0 Å². The highest BCUT2D eigenvalue weighted by atomic mass is 16.3. The first-order valence-electron chi connectivity index (χ1n) is 4.95. The normalized spacial score (nSPS) is 20.1. The molecule has 0 saturated carbocycles. The Kier molecular flexibility index (Phi) is 2.82. The summed E-state index contributed by atoms with van der Waals surface area (Å²) >= 11 is 0. The molecule has 0 aliphatic carbocycles.